The van der Waals surface area contributed by atoms with E-state index in [-0.39, 0.29) is 11.9 Å². The molecule has 1 aliphatic heterocycles. The van der Waals surface area contributed by atoms with Crippen LogP contribution in [0.25, 0.3) is 0 Å². The van der Waals surface area contributed by atoms with Crippen LogP contribution in [0.2, 0.25) is 0 Å². The van der Waals surface area contributed by atoms with E-state index in [9.17, 15) is 4.79 Å². The molecule has 1 amide bonds. The second-order valence-electron chi connectivity index (χ2n) is 5.61. The van der Waals surface area contributed by atoms with Gasteiger partial charge < -0.3 is 10.4 Å². The van der Waals surface area contributed by atoms with Crippen molar-refractivity contribution in [1.29, 1.82) is 0 Å². The number of hydrogen-bond donors (Lipinski definition) is 2. The molecule has 20 heavy (non-hydrogen) atoms. The van der Waals surface area contributed by atoms with Gasteiger partial charge in [0.15, 0.2) is 0 Å². The predicted molar refractivity (Wildman–Crippen MR) is 79.2 cm³/mol. The highest BCUT2D eigenvalue weighted by Crippen LogP contribution is 2.26. The molecule has 1 aromatic rings. The minimum absolute atomic E-state index is 0.194. The first-order chi connectivity index (χ1) is 9.70. The number of nitrogens with zero attached hydrogens (tertiary/aromatic N) is 1. The summed E-state index contributed by atoms with van der Waals surface area (Å²) in [5.41, 5.74) is 1.22. The van der Waals surface area contributed by atoms with Crippen molar-refractivity contribution >= 4 is 5.91 Å². The minimum atomic E-state index is -0.446. The van der Waals surface area contributed by atoms with E-state index < -0.39 is 6.61 Å². The monoisotopic (exact) mass is 276 g/mol. The Labute approximate surface area is 120 Å². The SMILES string of the molecule is CC1CCN(C(CNC(=O)CO)c2ccccc2)CC1. The van der Waals surface area contributed by atoms with Crippen LogP contribution in [0.15, 0.2) is 30.3 Å². The quantitative estimate of drug-likeness (QED) is 0.858. The standard InChI is InChI=1S/C16H24N2O2/c1-13-7-9-18(10-8-13)15(11-17-16(20)12-19)14-5-3-2-4-6-14/h2-6,13,15,19H,7-12H2,1H3,(H,17,20). The molecule has 0 aliphatic carbocycles. The average molecular weight is 276 g/mol. The van der Waals surface area contributed by atoms with Gasteiger partial charge in [0.25, 0.3) is 0 Å². The highest BCUT2D eigenvalue weighted by molar-refractivity contribution is 5.76. The van der Waals surface area contributed by atoms with Crippen LogP contribution >= 0.6 is 0 Å². The van der Waals surface area contributed by atoms with Crippen LogP contribution in [0.4, 0.5) is 0 Å². The molecule has 1 heterocycles. The first-order valence-electron chi connectivity index (χ1n) is 7.37. The lowest BCUT2D eigenvalue weighted by atomic mass is 9.95. The molecule has 1 unspecified atom stereocenters. The molecule has 0 aromatic heterocycles. The number of carbonyl (C=O) groups is 1. The first-order valence-corrected chi connectivity index (χ1v) is 7.37. The second-order valence-corrected chi connectivity index (χ2v) is 5.61. The summed E-state index contributed by atoms with van der Waals surface area (Å²) < 4.78 is 0. The van der Waals surface area contributed by atoms with E-state index >= 15 is 0 Å². The van der Waals surface area contributed by atoms with Gasteiger partial charge in [-0.15, -0.1) is 0 Å². The summed E-state index contributed by atoms with van der Waals surface area (Å²) in [7, 11) is 0. The molecular weight excluding hydrogens is 252 g/mol. The smallest absolute Gasteiger partial charge is 0.245 e. The number of hydrogen-bond acceptors (Lipinski definition) is 3. The normalized spacial score (nSPS) is 18.7. The molecule has 4 nitrogen and oxygen atoms in total. The lowest BCUT2D eigenvalue weighted by Gasteiger charge is -2.37. The zero-order valence-electron chi connectivity index (χ0n) is 12.1. The maximum Gasteiger partial charge on any atom is 0.245 e. The average Bonchev–Trinajstić information content (AvgIpc) is 2.50. The second kappa shape index (κ2) is 7.41. The summed E-state index contributed by atoms with van der Waals surface area (Å²) in [6.07, 6.45) is 2.41. The number of aliphatic hydroxyl groups excluding tert-OH is 1. The Hall–Kier alpha value is -1.39. The molecule has 0 radical (unpaired) electrons. The van der Waals surface area contributed by atoms with E-state index in [1.54, 1.807) is 0 Å². The van der Waals surface area contributed by atoms with Crippen LogP contribution in [0.1, 0.15) is 31.4 Å². The maximum atomic E-state index is 11.3. The molecule has 0 spiro atoms. The fourth-order valence-corrected chi connectivity index (χ4v) is 2.74. The zero-order valence-corrected chi connectivity index (χ0v) is 12.1. The molecule has 110 valence electrons. The van der Waals surface area contributed by atoms with Gasteiger partial charge in [-0.2, -0.15) is 0 Å². The van der Waals surface area contributed by atoms with Crippen molar-refractivity contribution in [3.63, 3.8) is 0 Å². The molecule has 1 aromatic carbocycles. The van der Waals surface area contributed by atoms with Crippen molar-refractivity contribution in [3.8, 4) is 0 Å². The van der Waals surface area contributed by atoms with E-state index in [0.29, 0.717) is 6.54 Å². The number of carbonyl (C=O) groups excluding carboxylic acids is 1. The van der Waals surface area contributed by atoms with Crippen LogP contribution in [-0.2, 0) is 4.79 Å². The van der Waals surface area contributed by atoms with Crippen molar-refractivity contribution in [2.75, 3.05) is 26.2 Å². The molecule has 1 saturated heterocycles. The van der Waals surface area contributed by atoms with Crippen molar-refractivity contribution in [2.45, 2.75) is 25.8 Å². The number of aliphatic hydroxyl groups is 1. The molecule has 2 N–H and O–H groups in total. The van der Waals surface area contributed by atoms with Gasteiger partial charge in [-0.3, -0.25) is 9.69 Å². The highest BCUT2D eigenvalue weighted by Gasteiger charge is 2.24. The van der Waals surface area contributed by atoms with E-state index in [0.717, 1.165) is 19.0 Å². The van der Waals surface area contributed by atoms with Crippen molar-refractivity contribution in [3.05, 3.63) is 35.9 Å². The predicted octanol–water partition coefficient (Wildman–Crippen LogP) is 1.57. The molecule has 1 atom stereocenters. The van der Waals surface area contributed by atoms with Gasteiger partial charge in [0.05, 0.1) is 6.04 Å². The molecular formula is C16H24N2O2. The molecule has 0 saturated carbocycles. The van der Waals surface area contributed by atoms with Gasteiger partial charge in [-0.05, 0) is 37.4 Å². The summed E-state index contributed by atoms with van der Waals surface area (Å²) >= 11 is 0. The Kier molecular flexibility index (Phi) is 5.56. The largest absolute Gasteiger partial charge is 0.387 e. The van der Waals surface area contributed by atoms with Gasteiger partial charge in [-0.1, -0.05) is 37.3 Å². The van der Waals surface area contributed by atoms with Crippen LogP contribution in [0.5, 0.6) is 0 Å². The molecule has 1 fully saturated rings. The van der Waals surface area contributed by atoms with Crippen LogP contribution in [0, 0.1) is 5.92 Å². The highest BCUT2D eigenvalue weighted by atomic mass is 16.3. The summed E-state index contributed by atoms with van der Waals surface area (Å²) in [6.45, 7) is 4.53. The van der Waals surface area contributed by atoms with Crippen molar-refractivity contribution in [1.82, 2.24) is 10.2 Å². The van der Waals surface area contributed by atoms with E-state index in [2.05, 4.69) is 29.3 Å². The molecule has 4 heteroatoms. The fraction of sp³-hybridized carbons (Fsp3) is 0.562. The molecule has 2 rings (SSSR count). The van der Waals surface area contributed by atoms with E-state index in [1.807, 2.05) is 18.2 Å². The Bertz CT molecular complexity index is 414. The number of rotatable bonds is 5. The third-order valence-electron chi connectivity index (χ3n) is 4.08. The number of benzene rings is 1. The van der Waals surface area contributed by atoms with Gasteiger partial charge >= 0.3 is 0 Å². The van der Waals surface area contributed by atoms with Gasteiger partial charge in [0, 0.05) is 6.54 Å². The number of amides is 1. The lowest BCUT2D eigenvalue weighted by Crippen LogP contribution is -2.42. The number of nitrogens with one attached hydrogen (secondary N) is 1. The van der Waals surface area contributed by atoms with Crippen LogP contribution in [-0.4, -0.2) is 42.2 Å². The maximum absolute atomic E-state index is 11.3. The Morgan fingerprint density at radius 3 is 2.60 bits per heavy atom. The number of likely N-dealkylation sites (tertiary alicyclic amines) is 1. The number of piperidine rings is 1. The van der Waals surface area contributed by atoms with Gasteiger partial charge in [0.1, 0.15) is 6.61 Å². The van der Waals surface area contributed by atoms with Gasteiger partial charge in [0.2, 0.25) is 5.91 Å². The Morgan fingerprint density at radius 2 is 2.00 bits per heavy atom. The summed E-state index contributed by atoms with van der Waals surface area (Å²) in [5.74, 6) is 0.478. The zero-order chi connectivity index (χ0) is 14.4. The van der Waals surface area contributed by atoms with E-state index in [1.165, 1.54) is 18.4 Å². The summed E-state index contributed by atoms with van der Waals surface area (Å²) in [6, 6.07) is 10.5. The summed E-state index contributed by atoms with van der Waals surface area (Å²) in [5, 5.41) is 11.6. The minimum Gasteiger partial charge on any atom is -0.387 e. The first kappa shape index (κ1) is 15.0. The fourth-order valence-electron chi connectivity index (χ4n) is 2.74. The molecule has 1 aliphatic rings. The molecule has 0 bridgehead atoms. The topological polar surface area (TPSA) is 52.6 Å². The van der Waals surface area contributed by atoms with Crippen LogP contribution < -0.4 is 5.32 Å². The van der Waals surface area contributed by atoms with Crippen molar-refractivity contribution < 1.29 is 9.90 Å². The third-order valence-corrected chi connectivity index (χ3v) is 4.08. The Balaban J connectivity index is 2.05. The van der Waals surface area contributed by atoms with E-state index in [4.69, 9.17) is 5.11 Å². The van der Waals surface area contributed by atoms with Crippen molar-refractivity contribution in [2.24, 2.45) is 5.92 Å². The third kappa shape index (κ3) is 4.05. The Morgan fingerprint density at radius 1 is 1.35 bits per heavy atom. The van der Waals surface area contributed by atoms with Gasteiger partial charge in [-0.25, -0.2) is 0 Å². The van der Waals surface area contributed by atoms with Crippen LogP contribution in [0.3, 0.4) is 0 Å². The lowest BCUT2D eigenvalue weighted by molar-refractivity contribution is -0.124. The summed E-state index contributed by atoms with van der Waals surface area (Å²) in [4.78, 5) is 13.7.